The van der Waals surface area contributed by atoms with Crippen LogP contribution in [0.4, 0.5) is 5.82 Å². The van der Waals surface area contributed by atoms with E-state index in [1.807, 2.05) is 0 Å². The van der Waals surface area contributed by atoms with E-state index in [0.717, 1.165) is 12.8 Å². The van der Waals surface area contributed by atoms with Crippen molar-refractivity contribution in [2.45, 2.75) is 36.7 Å². The van der Waals surface area contributed by atoms with Gasteiger partial charge in [-0.25, -0.2) is 13.4 Å². The minimum atomic E-state index is -3.85. The zero-order valence-corrected chi connectivity index (χ0v) is 13.3. The molecule has 1 unspecified atom stereocenters. The normalized spacial score (nSPS) is 16.3. The maximum atomic E-state index is 12.2. The average Bonchev–Trinajstić information content (AvgIpc) is 3.22. The lowest BCUT2D eigenvalue weighted by Gasteiger charge is -2.14. The van der Waals surface area contributed by atoms with Gasteiger partial charge in [0.15, 0.2) is 0 Å². The van der Waals surface area contributed by atoms with Crippen molar-refractivity contribution in [3.63, 3.8) is 0 Å². The third kappa shape index (κ3) is 4.05. The molecule has 1 heterocycles. The third-order valence-electron chi connectivity index (χ3n) is 3.01. The lowest BCUT2D eigenvalue weighted by atomic mass is 10.3. The molecule has 1 fully saturated rings. The molecule has 7 nitrogen and oxygen atoms in total. The SMILES string of the molecule is CNc1ncc(S(=O)(=O)NC(C)C(=O)NC2CC2)cc1Cl. The summed E-state index contributed by atoms with van der Waals surface area (Å²) in [5.41, 5.74) is 0. The highest BCUT2D eigenvalue weighted by atomic mass is 35.5. The zero-order chi connectivity index (χ0) is 15.6. The zero-order valence-electron chi connectivity index (χ0n) is 11.7. The predicted octanol–water partition coefficient (Wildman–Crippen LogP) is 0.722. The second kappa shape index (κ2) is 6.17. The van der Waals surface area contributed by atoms with Crippen LogP contribution in [0.1, 0.15) is 19.8 Å². The first-order chi connectivity index (χ1) is 9.83. The Morgan fingerprint density at radius 1 is 1.48 bits per heavy atom. The molecule has 21 heavy (non-hydrogen) atoms. The van der Waals surface area contributed by atoms with Crippen molar-refractivity contribution < 1.29 is 13.2 Å². The molecule has 1 aliphatic carbocycles. The number of hydrogen-bond acceptors (Lipinski definition) is 5. The molecule has 1 amide bonds. The number of aromatic nitrogens is 1. The number of amides is 1. The largest absolute Gasteiger partial charge is 0.372 e. The fourth-order valence-corrected chi connectivity index (χ4v) is 3.16. The summed E-state index contributed by atoms with van der Waals surface area (Å²) >= 11 is 5.92. The molecular formula is C12H17ClN4O3S. The Balaban J connectivity index is 2.09. The summed E-state index contributed by atoms with van der Waals surface area (Å²) in [5.74, 6) is 0.0436. The van der Waals surface area contributed by atoms with E-state index in [2.05, 4.69) is 20.3 Å². The van der Waals surface area contributed by atoms with Gasteiger partial charge in [0.25, 0.3) is 0 Å². The third-order valence-corrected chi connectivity index (χ3v) is 4.81. The number of rotatable bonds is 6. The van der Waals surface area contributed by atoms with E-state index < -0.39 is 16.1 Å². The van der Waals surface area contributed by atoms with E-state index in [9.17, 15) is 13.2 Å². The van der Waals surface area contributed by atoms with Gasteiger partial charge in [0.05, 0.1) is 11.1 Å². The van der Waals surface area contributed by atoms with Crippen molar-refractivity contribution in [2.75, 3.05) is 12.4 Å². The molecule has 1 saturated carbocycles. The predicted molar refractivity (Wildman–Crippen MR) is 79.7 cm³/mol. The van der Waals surface area contributed by atoms with Gasteiger partial charge >= 0.3 is 0 Å². The Morgan fingerprint density at radius 2 is 2.14 bits per heavy atom. The Morgan fingerprint density at radius 3 is 2.67 bits per heavy atom. The maximum Gasteiger partial charge on any atom is 0.242 e. The highest BCUT2D eigenvalue weighted by Crippen LogP contribution is 2.22. The monoisotopic (exact) mass is 332 g/mol. The van der Waals surface area contributed by atoms with Crippen molar-refractivity contribution >= 4 is 33.3 Å². The molecule has 0 spiro atoms. The number of halogens is 1. The van der Waals surface area contributed by atoms with Crippen LogP contribution in [0.25, 0.3) is 0 Å². The minimum absolute atomic E-state index is 0.0856. The number of anilines is 1. The summed E-state index contributed by atoms with van der Waals surface area (Å²) in [4.78, 5) is 15.6. The summed E-state index contributed by atoms with van der Waals surface area (Å²) in [6, 6.07) is 0.600. The molecule has 0 aliphatic heterocycles. The van der Waals surface area contributed by atoms with Crippen LogP contribution in [0.3, 0.4) is 0 Å². The fourth-order valence-electron chi connectivity index (χ4n) is 1.66. The summed E-state index contributed by atoms with van der Waals surface area (Å²) in [6.07, 6.45) is 3.07. The minimum Gasteiger partial charge on any atom is -0.372 e. The molecule has 9 heteroatoms. The van der Waals surface area contributed by atoms with Crippen LogP contribution < -0.4 is 15.4 Å². The quantitative estimate of drug-likeness (QED) is 0.713. The van der Waals surface area contributed by atoms with Gasteiger partial charge < -0.3 is 10.6 Å². The Bertz CT molecular complexity index is 646. The molecule has 116 valence electrons. The maximum absolute atomic E-state index is 12.2. The Hall–Kier alpha value is -1.38. The van der Waals surface area contributed by atoms with E-state index in [-0.39, 0.29) is 21.9 Å². The Labute approximate surface area is 128 Å². The first-order valence-corrected chi connectivity index (χ1v) is 8.35. The fraction of sp³-hybridized carbons (Fsp3) is 0.500. The number of nitrogens with one attached hydrogen (secondary N) is 3. The summed E-state index contributed by atoms with van der Waals surface area (Å²) in [6.45, 7) is 1.49. The molecule has 0 aromatic carbocycles. The van der Waals surface area contributed by atoms with Crippen LogP contribution >= 0.6 is 11.6 Å². The van der Waals surface area contributed by atoms with Gasteiger partial charge in [-0.05, 0) is 25.8 Å². The first-order valence-electron chi connectivity index (χ1n) is 6.49. The van der Waals surface area contributed by atoms with Crippen molar-refractivity contribution in [3.8, 4) is 0 Å². The molecule has 0 bridgehead atoms. The van der Waals surface area contributed by atoms with Gasteiger partial charge in [0.1, 0.15) is 10.7 Å². The van der Waals surface area contributed by atoms with E-state index in [1.54, 1.807) is 7.05 Å². The van der Waals surface area contributed by atoms with Crippen molar-refractivity contribution in [1.29, 1.82) is 0 Å². The van der Waals surface area contributed by atoms with Gasteiger partial charge in [-0.1, -0.05) is 11.6 Å². The number of pyridine rings is 1. The van der Waals surface area contributed by atoms with Crippen molar-refractivity contribution in [3.05, 3.63) is 17.3 Å². The second-order valence-electron chi connectivity index (χ2n) is 4.88. The topological polar surface area (TPSA) is 100 Å². The van der Waals surface area contributed by atoms with Gasteiger partial charge in [0, 0.05) is 19.3 Å². The number of carbonyl (C=O) groups excluding carboxylic acids is 1. The number of hydrogen-bond donors (Lipinski definition) is 3. The van der Waals surface area contributed by atoms with E-state index >= 15 is 0 Å². The highest BCUT2D eigenvalue weighted by Gasteiger charge is 2.28. The molecule has 1 atom stereocenters. The van der Waals surface area contributed by atoms with Crippen LogP contribution in [0, 0.1) is 0 Å². The summed E-state index contributed by atoms with van der Waals surface area (Å²) < 4.78 is 26.7. The van der Waals surface area contributed by atoms with E-state index in [4.69, 9.17) is 11.6 Å². The van der Waals surface area contributed by atoms with Gasteiger partial charge in [-0.3, -0.25) is 4.79 Å². The van der Waals surface area contributed by atoms with Gasteiger partial charge in [0.2, 0.25) is 15.9 Å². The smallest absolute Gasteiger partial charge is 0.242 e. The number of carbonyl (C=O) groups is 1. The average molecular weight is 333 g/mol. The lowest BCUT2D eigenvalue weighted by molar-refractivity contribution is -0.122. The van der Waals surface area contributed by atoms with Gasteiger partial charge in [-0.2, -0.15) is 4.72 Å². The van der Waals surface area contributed by atoms with E-state index in [1.165, 1.54) is 19.2 Å². The molecular weight excluding hydrogens is 316 g/mol. The summed E-state index contributed by atoms with van der Waals surface area (Å²) in [7, 11) is -2.22. The molecule has 1 aromatic heterocycles. The van der Waals surface area contributed by atoms with Crippen LogP contribution in [0.15, 0.2) is 17.2 Å². The van der Waals surface area contributed by atoms with Crippen molar-refractivity contribution in [2.24, 2.45) is 0 Å². The van der Waals surface area contributed by atoms with Gasteiger partial charge in [-0.15, -0.1) is 0 Å². The van der Waals surface area contributed by atoms with E-state index in [0.29, 0.717) is 5.82 Å². The highest BCUT2D eigenvalue weighted by molar-refractivity contribution is 7.89. The Kier molecular flexibility index (Phi) is 4.70. The standard InChI is InChI=1S/C12H17ClN4O3S/c1-7(12(18)16-8-3-4-8)17-21(19,20)9-5-10(13)11(14-2)15-6-9/h5-8,17H,3-4H2,1-2H3,(H,14,15)(H,16,18). The van der Waals surface area contributed by atoms with Crippen LogP contribution in [-0.4, -0.2) is 38.4 Å². The van der Waals surface area contributed by atoms with Crippen LogP contribution in [0.5, 0.6) is 0 Å². The lowest BCUT2D eigenvalue weighted by Crippen LogP contribution is -2.45. The van der Waals surface area contributed by atoms with Crippen LogP contribution in [0.2, 0.25) is 5.02 Å². The molecule has 0 saturated heterocycles. The number of nitrogens with zero attached hydrogens (tertiary/aromatic N) is 1. The summed E-state index contributed by atoms with van der Waals surface area (Å²) in [5, 5.41) is 5.67. The molecule has 1 aliphatic rings. The molecule has 1 aromatic rings. The molecule has 3 N–H and O–H groups in total. The van der Waals surface area contributed by atoms with Crippen LogP contribution in [-0.2, 0) is 14.8 Å². The molecule has 2 rings (SSSR count). The first kappa shape index (κ1) is 16.0. The number of sulfonamides is 1. The molecule has 0 radical (unpaired) electrons. The second-order valence-corrected chi connectivity index (χ2v) is 7.00. The van der Waals surface area contributed by atoms with Crippen molar-refractivity contribution in [1.82, 2.24) is 15.0 Å².